The smallest absolute Gasteiger partial charge is 0.234 e. The van der Waals surface area contributed by atoms with Gasteiger partial charge in [-0.3, -0.25) is 9.48 Å². The van der Waals surface area contributed by atoms with Crippen LogP contribution in [0.1, 0.15) is 11.1 Å². The monoisotopic (exact) mass is 294 g/mol. The molecule has 20 heavy (non-hydrogen) atoms. The van der Waals surface area contributed by atoms with Gasteiger partial charge in [-0.1, -0.05) is 30.3 Å². The second-order valence-corrected chi connectivity index (χ2v) is 4.34. The maximum atomic E-state index is 11.3. The van der Waals surface area contributed by atoms with E-state index in [1.54, 1.807) is 13.2 Å². The molecule has 6 heteroatoms. The van der Waals surface area contributed by atoms with Gasteiger partial charge >= 0.3 is 0 Å². The van der Waals surface area contributed by atoms with E-state index >= 15 is 0 Å². The Morgan fingerprint density at radius 1 is 1.25 bits per heavy atom. The minimum absolute atomic E-state index is 0. The number of benzene rings is 1. The summed E-state index contributed by atoms with van der Waals surface area (Å²) in [6.07, 6.45) is 3.73. The molecule has 0 aliphatic heterocycles. The summed E-state index contributed by atoms with van der Waals surface area (Å²) in [7, 11) is 1.75. The fourth-order valence-electron chi connectivity index (χ4n) is 1.78. The summed E-state index contributed by atoms with van der Waals surface area (Å²) in [5.41, 5.74) is 2.21. The van der Waals surface area contributed by atoms with Crippen LogP contribution in [0.5, 0.6) is 0 Å². The predicted molar refractivity (Wildman–Crippen MR) is 80.8 cm³/mol. The maximum Gasteiger partial charge on any atom is 0.234 e. The molecule has 2 rings (SSSR count). The number of amides is 1. The van der Waals surface area contributed by atoms with Gasteiger partial charge in [0, 0.05) is 18.3 Å². The second-order valence-electron chi connectivity index (χ2n) is 4.34. The van der Waals surface area contributed by atoms with E-state index in [0.29, 0.717) is 13.1 Å². The highest BCUT2D eigenvalue weighted by Crippen LogP contribution is 2.03. The first-order valence-corrected chi connectivity index (χ1v) is 6.24. The van der Waals surface area contributed by atoms with Gasteiger partial charge in [-0.05, 0) is 12.6 Å². The molecular weight excluding hydrogens is 276 g/mol. The molecule has 2 aromatic rings. The van der Waals surface area contributed by atoms with Gasteiger partial charge in [0.25, 0.3) is 0 Å². The Hall–Kier alpha value is -1.85. The van der Waals surface area contributed by atoms with Crippen LogP contribution in [0, 0.1) is 0 Å². The number of carbonyl (C=O) groups is 1. The number of carbonyl (C=O) groups excluding carboxylic acids is 1. The first-order chi connectivity index (χ1) is 9.28. The van der Waals surface area contributed by atoms with Crippen molar-refractivity contribution in [1.82, 2.24) is 20.4 Å². The van der Waals surface area contributed by atoms with Crippen LogP contribution >= 0.6 is 12.4 Å². The SMILES string of the molecule is CNCC(=O)NCc1cnn(Cc2ccccc2)c1.Cl. The minimum atomic E-state index is -0.0155. The van der Waals surface area contributed by atoms with Crippen LogP contribution < -0.4 is 10.6 Å². The van der Waals surface area contributed by atoms with Gasteiger partial charge < -0.3 is 10.6 Å². The van der Waals surface area contributed by atoms with E-state index in [1.807, 2.05) is 29.1 Å². The van der Waals surface area contributed by atoms with E-state index in [0.717, 1.165) is 12.1 Å². The number of nitrogens with zero attached hydrogens (tertiary/aromatic N) is 2. The number of hydrogen-bond donors (Lipinski definition) is 2. The van der Waals surface area contributed by atoms with Crippen LogP contribution in [0.3, 0.4) is 0 Å². The number of nitrogens with one attached hydrogen (secondary N) is 2. The molecule has 1 aromatic carbocycles. The van der Waals surface area contributed by atoms with Crippen molar-refractivity contribution in [3.63, 3.8) is 0 Å². The summed E-state index contributed by atoms with van der Waals surface area (Å²) in [5, 5.41) is 9.92. The third-order valence-electron chi connectivity index (χ3n) is 2.70. The highest BCUT2D eigenvalue weighted by Gasteiger charge is 2.02. The van der Waals surface area contributed by atoms with Crippen molar-refractivity contribution in [3.8, 4) is 0 Å². The summed E-state index contributed by atoms with van der Waals surface area (Å²) < 4.78 is 1.87. The van der Waals surface area contributed by atoms with E-state index in [4.69, 9.17) is 0 Å². The third kappa shape index (κ3) is 5.03. The lowest BCUT2D eigenvalue weighted by Gasteiger charge is -2.02. The number of halogens is 1. The highest BCUT2D eigenvalue weighted by molar-refractivity contribution is 5.85. The number of rotatable bonds is 6. The van der Waals surface area contributed by atoms with Crippen LogP contribution in [-0.2, 0) is 17.9 Å². The molecule has 0 bridgehead atoms. The summed E-state index contributed by atoms with van der Waals surface area (Å²) >= 11 is 0. The van der Waals surface area contributed by atoms with E-state index < -0.39 is 0 Å². The van der Waals surface area contributed by atoms with Crippen LogP contribution in [-0.4, -0.2) is 29.3 Å². The molecule has 0 saturated heterocycles. The molecule has 0 fully saturated rings. The zero-order valence-electron chi connectivity index (χ0n) is 11.4. The fourth-order valence-corrected chi connectivity index (χ4v) is 1.78. The zero-order valence-corrected chi connectivity index (χ0v) is 12.2. The van der Waals surface area contributed by atoms with E-state index in [-0.39, 0.29) is 18.3 Å². The van der Waals surface area contributed by atoms with E-state index in [1.165, 1.54) is 5.56 Å². The van der Waals surface area contributed by atoms with Crippen LogP contribution in [0.25, 0.3) is 0 Å². The van der Waals surface area contributed by atoms with Crippen LogP contribution in [0.2, 0.25) is 0 Å². The van der Waals surface area contributed by atoms with Crippen molar-refractivity contribution in [1.29, 1.82) is 0 Å². The maximum absolute atomic E-state index is 11.3. The molecule has 1 heterocycles. The van der Waals surface area contributed by atoms with Gasteiger partial charge in [-0.15, -0.1) is 12.4 Å². The molecule has 1 amide bonds. The Morgan fingerprint density at radius 3 is 2.70 bits per heavy atom. The van der Waals surface area contributed by atoms with Crippen LogP contribution in [0.15, 0.2) is 42.7 Å². The molecule has 108 valence electrons. The third-order valence-corrected chi connectivity index (χ3v) is 2.70. The van der Waals surface area contributed by atoms with Gasteiger partial charge in [-0.2, -0.15) is 5.10 Å². The lowest BCUT2D eigenvalue weighted by Crippen LogP contribution is -2.31. The average Bonchev–Trinajstić information content (AvgIpc) is 2.86. The van der Waals surface area contributed by atoms with Crippen molar-refractivity contribution in [2.45, 2.75) is 13.1 Å². The second kappa shape index (κ2) is 8.35. The van der Waals surface area contributed by atoms with E-state index in [9.17, 15) is 4.79 Å². The lowest BCUT2D eigenvalue weighted by molar-refractivity contribution is -0.120. The van der Waals surface area contributed by atoms with Crippen molar-refractivity contribution >= 4 is 18.3 Å². The molecule has 2 N–H and O–H groups in total. The Labute approximate surface area is 124 Å². The minimum Gasteiger partial charge on any atom is -0.351 e. The first-order valence-electron chi connectivity index (χ1n) is 6.24. The first kappa shape index (κ1) is 16.2. The van der Waals surface area contributed by atoms with Crippen molar-refractivity contribution in [2.75, 3.05) is 13.6 Å². The molecule has 0 atom stereocenters. The molecule has 0 saturated carbocycles. The van der Waals surface area contributed by atoms with Gasteiger partial charge in [0.1, 0.15) is 0 Å². The highest BCUT2D eigenvalue weighted by atomic mass is 35.5. The Morgan fingerprint density at radius 2 is 2.00 bits per heavy atom. The standard InChI is InChI=1S/C14H18N4O.ClH/c1-15-9-14(19)16-7-13-8-17-18(11-13)10-12-5-3-2-4-6-12;/h2-6,8,11,15H,7,9-10H2,1H3,(H,16,19);1H. The number of likely N-dealkylation sites (N-methyl/N-ethyl adjacent to an activating group) is 1. The molecular formula is C14H19ClN4O. The van der Waals surface area contributed by atoms with Crippen molar-refractivity contribution in [2.24, 2.45) is 0 Å². The molecule has 0 aliphatic carbocycles. The van der Waals surface area contributed by atoms with Crippen molar-refractivity contribution in [3.05, 3.63) is 53.9 Å². The summed E-state index contributed by atoms with van der Waals surface area (Å²) in [4.78, 5) is 11.3. The summed E-state index contributed by atoms with van der Waals surface area (Å²) in [6.45, 7) is 1.58. The van der Waals surface area contributed by atoms with Crippen LogP contribution in [0.4, 0.5) is 0 Å². The summed E-state index contributed by atoms with van der Waals surface area (Å²) in [5.74, 6) is -0.0155. The van der Waals surface area contributed by atoms with E-state index in [2.05, 4.69) is 27.9 Å². The van der Waals surface area contributed by atoms with Gasteiger partial charge in [0.2, 0.25) is 5.91 Å². The predicted octanol–water partition coefficient (Wildman–Crippen LogP) is 1.19. The van der Waals surface area contributed by atoms with Crippen molar-refractivity contribution < 1.29 is 4.79 Å². The number of aromatic nitrogens is 2. The largest absolute Gasteiger partial charge is 0.351 e. The Bertz CT molecular complexity index is 527. The lowest BCUT2D eigenvalue weighted by atomic mass is 10.2. The molecule has 5 nitrogen and oxygen atoms in total. The molecule has 0 unspecified atom stereocenters. The fraction of sp³-hybridized carbons (Fsp3) is 0.286. The Kier molecular flexibility index (Phi) is 6.76. The normalized spacial score (nSPS) is 9.85. The summed E-state index contributed by atoms with van der Waals surface area (Å²) in [6, 6.07) is 10.1. The number of hydrogen-bond acceptors (Lipinski definition) is 3. The average molecular weight is 295 g/mol. The molecule has 1 aromatic heterocycles. The topological polar surface area (TPSA) is 59.0 Å². The van der Waals surface area contributed by atoms with Gasteiger partial charge in [0.15, 0.2) is 0 Å². The van der Waals surface area contributed by atoms with Gasteiger partial charge in [-0.25, -0.2) is 0 Å². The Balaban J connectivity index is 0.00000200. The molecule has 0 aliphatic rings. The zero-order chi connectivity index (χ0) is 13.5. The van der Waals surface area contributed by atoms with Gasteiger partial charge in [0.05, 0.1) is 19.3 Å². The quantitative estimate of drug-likeness (QED) is 0.841. The molecule has 0 spiro atoms. The molecule has 0 radical (unpaired) electrons.